The second-order valence-corrected chi connectivity index (χ2v) is 6.87. The zero-order valence-corrected chi connectivity index (χ0v) is 15.4. The Morgan fingerprint density at radius 2 is 1.88 bits per heavy atom. The lowest BCUT2D eigenvalue weighted by atomic mass is 10.1. The Labute approximate surface area is 152 Å². The lowest BCUT2D eigenvalue weighted by Gasteiger charge is -2.10. The van der Waals surface area contributed by atoms with Gasteiger partial charge >= 0.3 is 0 Å². The van der Waals surface area contributed by atoms with Crippen molar-refractivity contribution < 1.29 is 4.79 Å². The summed E-state index contributed by atoms with van der Waals surface area (Å²) in [6.07, 6.45) is 0. The van der Waals surface area contributed by atoms with E-state index in [0.29, 0.717) is 27.4 Å². The normalized spacial score (nSPS) is 10.8. The van der Waals surface area contributed by atoms with Gasteiger partial charge in [-0.1, -0.05) is 33.6 Å². The Balaban J connectivity index is 1.99. The fraction of sp³-hybridized carbons (Fsp3) is 0.111. The summed E-state index contributed by atoms with van der Waals surface area (Å²) in [6.45, 7) is 3.70. The molecular weight excluding hydrogens is 392 g/mol. The number of aromatic nitrogens is 1. The number of H-pyrrole nitrogens is 1. The van der Waals surface area contributed by atoms with Crippen LogP contribution >= 0.6 is 27.5 Å². The van der Waals surface area contributed by atoms with Crippen LogP contribution in [0.5, 0.6) is 0 Å². The first-order chi connectivity index (χ1) is 11.4. The Kier molecular flexibility index (Phi) is 4.47. The number of hydrogen-bond acceptors (Lipinski definition) is 2. The fourth-order valence-corrected chi connectivity index (χ4v) is 3.08. The van der Waals surface area contributed by atoms with Crippen LogP contribution in [-0.4, -0.2) is 10.9 Å². The van der Waals surface area contributed by atoms with Crippen LogP contribution in [0, 0.1) is 13.8 Å². The van der Waals surface area contributed by atoms with E-state index < -0.39 is 0 Å². The summed E-state index contributed by atoms with van der Waals surface area (Å²) in [6, 6.07) is 10.5. The first-order valence-electron chi connectivity index (χ1n) is 7.26. The number of pyridine rings is 1. The number of anilines is 1. The minimum Gasteiger partial charge on any atom is -0.322 e. The third kappa shape index (κ3) is 3.09. The van der Waals surface area contributed by atoms with Gasteiger partial charge in [0.1, 0.15) is 0 Å². The van der Waals surface area contributed by atoms with Gasteiger partial charge in [-0.15, -0.1) is 0 Å². The van der Waals surface area contributed by atoms with Crippen LogP contribution < -0.4 is 10.9 Å². The third-order valence-corrected chi connectivity index (χ3v) is 4.83. The largest absolute Gasteiger partial charge is 0.322 e. The van der Waals surface area contributed by atoms with E-state index in [1.807, 2.05) is 13.0 Å². The number of carbonyl (C=O) groups excluding carboxylic acids is 1. The van der Waals surface area contributed by atoms with E-state index in [1.54, 1.807) is 37.3 Å². The summed E-state index contributed by atoms with van der Waals surface area (Å²) in [5.41, 5.74) is 3.14. The lowest BCUT2D eigenvalue weighted by molar-refractivity contribution is 0.102. The van der Waals surface area contributed by atoms with Gasteiger partial charge in [-0.05, 0) is 49.7 Å². The molecule has 1 amide bonds. The maximum Gasteiger partial charge on any atom is 0.257 e. The number of amides is 1. The van der Waals surface area contributed by atoms with Crippen molar-refractivity contribution in [2.75, 3.05) is 5.32 Å². The van der Waals surface area contributed by atoms with Gasteiger partial charge < -0.3 is 10.3 Å². The van der Waals surface area contributed by atoms with Gasteiger partial charge in [-0.3, -0.25) is 9.59 Å². The highest BCUT2D eigenvalue weighted by Gasteiger charge is 2.12. The standard InChI is InChI=1S/C18H14BrClN2O2/c1-9-10(2)17(23)22-16-8-12(4-5-13(9)16)21-18(24)14-7-11(19)3-6-15(14)20/h3-8H,1-2H3,(H,21,24)(H,22,23). The van der Waals surface area contributed by atoms with Crippen LogP contribution in [0.3, 0.4) is 0 Å². The molecule has 0 radical (unpaired) electrons. The first kappa shape index (κ1) is 16.7. The smallest absolute Gasteiger partial charge is 0.257 e. The SMILES string of the molecule is Cc1c(C)c2ccc(NC(=O)c3cc(Br)ccc3Cl)cc2[nH]c1=O. The zero-order valence-electron chi connectivity index (χ0n) is 13.0. The molecule has 4 nitrogen and oxygen atoms in total. The van der Waals surface area contributed by atoms with E-state index in [1.165, 1.54) is 0 Å². The van der Waals surface area contributed by atoms with E-state index in [9.17, 15) is 9.59 Å². The van der Waals surface area contributed by atoms with Crippen molar-refractivity contribution in [1.29, 1.82) is 0 Å². The average Bonchev–Trinajstić information content (AvgIpc) is 2.54. The topological polar surface area (TPSA) is 62.0 Å². The van der Waals surface area contributed by atoms with Gasteiger partial charge in [0.25, 0.3) is 11.5 Å². The van der Waals surface area contributed by atoms with Crippen LogP contribution in [-0.2, 0) is 0 Å². The quantitative estimate of drug-likeness (QED) is 0.642. The van der Waals surface area contributed by atoms with Gasteiger partial charge in [-0.25, -0.2) is 0 Å². The molecule has 2 aromatic carbocycles. The molecule has 0 unspecified atom stereocenters. The molecule has 24 heavy (non-hydrogen) atoms. The van der Waals surface area contributed by atoms with Gasteiger partial charge in [0.15, 0.2) is 0 Å². The summed E-state index contributed by atoms with van der Waals surface area (Å²) in [5.74, 6) is -0.313. The Bertz CT molecular complexity index is 1030. The van der Waals surface area contributed by atoms with Crippen molar-refractivity contribution in [2.45, 2.75) is 13.8 Å². The number of halogens is 2. The molecule has 6 heteroatoms. The fourth-order valence-electron chi connectivity index (χ4n) is 2.51. The molecule has 3 aromatic rings. The van der Waals surface area contributed by atoms with Crippen molar-refractivity contribution in [3.63, 3.8) is 0 Å². The second-order valence-electron chi connectivity index (χ2n) is 5.54. The third-order valence-electron chi connectivity index (χ3n) is 4.01. The average molecular weight is 406 g/mol. The van der Waals surface area contributed by atoms with Crippen LogP contribution in [0.4, 0.5) is 5.69 Å². The first-order valence-corrected chi connectivity index (χ1v) is 8.43. The molecule has 0 aliphatic heterocycles. The molecule has 0 saturated heterocycles. The Hall–Kier alpha value is -2.11. The molecule has 0 atom stereocenters. The molecule has 1 heterocycles. The number of benzene rings is 2. The second kappa shape index (κ2) is 6.42. The summed E-state index contributed by atoms with van der Waals surface area (Å²) in [4.78, 5) is 27.2. The summed E-state index contributed by atoms with van der Waals surface area (Å²) in [5, 5.41) is 4.13. The van der Waals surface area contributed by atoms with E-state index >= 15 is 0 Å². The number of fused-ring (bicyclic) bond motifs is 1. The maximum atomic E-state index is 12.4. The summed E-state index contributed by atoms with van der Waals surface area (Å²) >= 11 is 9.41. The molecule has 3 rings (SSSR count). The predicted molar refractivity (Wildman–Crippen MR) is 101 cm³/mol. The molecule has 122 valence electrons. The molecule has 0 fully saturated rings. The molecular formula is C18H14BrClN2O2. The highest BCUT2D eigenvalue weighted by Crippen LogP contribution is 2.24. The lowest BCUT2D eigenvalue weighted by Crippen LogP contribution is -2.14. The van der Waals surface area contributed by atoms with Crippen LogP contribution in [0.25, 0.3) is 10.9 Å². The molecule has 0 aliphatic carbocycles. The Morgan fingerprint density at radius 1 is 1.12 bits per heavy atom. The zero-order chi connectivity index (χ0) is 17.4. The minimum atomic E-state index is -0.313. The van der Waals surface area contributed by atoms with E-state index in [-0.39, 0.29) is 11.5 Å². The molecule has 0 spiro atoms. The number of carbonyl (C=O) groups is 1. The van der Waals surface area contributed by atoms with Crippen molar-refractivity contribution in [3.8, 4) is 0 Å². The molecule has 2 N–H and O–H groups in total. The highest BCUT2D eigenvalue weighted by molar-refractivity contribution is 9.10. The van der Waals surface area contributed by atoms with Crippen molar-refractivity contribution >= 4 is 50.0 Å². The number of rotatable bonds is 2. The monoisotopic (exact) mass is 404 g/mol. The number of aromatic amines is 1. The van der Waals surface area contributed by atoms with Crippen molar-refractivity contribution in [3.05, 3.63) is 72.9 Å². The predicted octanol–water partition coefficient (Wildman–Crippen LogP) is 4.81. The van der Waals surface area contributed by atoms with Gasteiger partial charge in [0, 0.05) is 21.1 Å². The number of aryl methyl sites for hydroxylation is 1. The summed E-state index contributed by atoms with van der Waals surface area (Å²) in [7, 11) is 0. The van der Waals surface area contributed by atoms with Gasteiger partial charge in [0.05, 0.1) is 16.1 Å². The van der Waals surface area contributed by atoms with Crippen molar-refractivity contribution in [2.24, 2.45) is 0 Å². The maximum absolute atomic E-state index is 12.4. The van der Waals surface area contributed by atoms with Crippen LogP contribution in [0.2, 0.25) is 5.02 Å². The minimum absolute atomic E-state index is 0.126. The van der Waals surface area contributed by atoms with Gasteiger partial charge in [0.2, 0.25) is 0 Å². The van der Waals surface area contributed by atoms with Gasteiger partial charge in [-0.2, -0.15) is 0 Å². The molecule has 0 saturated carbocycles. The van der Waals surface area contributed by atoms with Crippen molar-refractivity contribution in [1.82, 2.24) is 4.98 Å². The Morgan fingerprint density at radius 3 is 2.62 bits per heavy atom. The highest BCUT2D eigenvalue weighted by atomic mass is 79.9. The molecule has 1 aromatic heterocycles. The van der Waals surface area contributed by atoms with Crippen LogP contribution in [0.15, 0.2) is 45.7 Å². The van der Waals surface area contributed by atoms with E-state index in [2.05, 4.69) is 26.2 Å². The molecule has 0 bridgehead atoms. The van der Waals surface area contributed by atoms with E-state index in [4.69, 9.17) is 11.6 Å². The number of nitrogens with one attached hydrogen (secondary N) is 2. The summed E-state index contributed by atoms with van der Waals surface area (Å²) < 4.78 is 0.769. The van der Waals surface area contributed by atoms with E-state index in [0.717, 1.165) is 15.4 Å². The van der Waals surface area contributed by atoms with Crippen LogP contribution in [0.1, 0.15) is 21.5 Å². The molecule has 0 aliphatic rings. The number of hydrogen-bond donors (Lipinski definition) is 2.